The first-order chi connectivity index (χ1) is 13.2. The largest absolute Gasteiger partial charge is 0.257 e. The fraction of sp³-hybridized carbons (Fsp3) is 0.105. The molecule has 27 heavy (non-hydrogen) atoms. The third-order valence-corrected chi connectivity index (χ3v) is 4.86. The van der Waals surface area contributed by atoms with Gasteiger partial charge < -0.3 is 0 Å². The average molecular weight is 395 g/mol. The van der Waals surface area contributed by atoms with Gasteiger partial charge in [0, 0.05) is 28.2 Å². The number of hydrogen-bond donors (Lipinski definition) is 1. The van der Waals surface area contributed by atoms with Gasteiger partial charge in [-0.1, -0.05) is 29.4 Å². The summed E-state index contributed by atoms with van der Waals surface area (Å²) in [6.07, 6.45) is 1.73. The molecule has 0 bridgehead atoms. The first-order valence-electron chi connectivity index (χ1n) is 8.24. The highest BCUT2D eigenvalue weighted by molar-refractivity contribution is 7.98. The van der Waals surface area contributed by atoms with Crippen molar-refractivity contribution >= 4 is 23.4 Å². The molecule has 4 aromatic rings. The number of nitrogens with one attached hydrogen (secondary N) is 1. The van der Waals surface area contributed by atoms with Crippen molar-refractivity contribution in [3.05, 3.63) is 71.1 Å². The minimum atomic E-state index is 0.642. The van der Waals surface area contributed by atoms with Crippen LogP contribution in [0.3, 0.4) is 0 Å². The van der Waals surface area contributed by atoms with E-state index in [1.165, 1.54) is 11.8 Å². The lowest BCUT2D eigenvalue weighted by molar-refractivity contribution is 0.969. The molecule has 0 saturated heterocycles. The number of rotatable bonds is 5. The molecule has 0 amide bonds. The van der Waals surface area contributed by atoms with E-state index in [1.54, 1.807) is 6.20 Å². The van der Waals surface area contributed by atoms with Crippen molar-refractivity contribution in [3.63, 3.8) is 0 Å². The number of aryl methyl sites for hydroxylation is 1. The van der Waals surface area contributed by atoms with Crippen molar-refractivity contribution in [3.8, 4) is 22.9 Å². The second-order valence-electron chi connectivity index (χ2n) is 5.80. The molecule has 0 unspecified atom stereocenters. The lowest BCUT2D eigenvalue weighted by atomic mass is 10.2. The maximum atomic E-state index is 5.96. The zero-order chi connectivity index (χ0) is 18.6. The molecule has 6 nitrogen and oxygen atoms in total. The van der Waals surface area contributed by atoms with Gasteiger partial charge in [0.25, 0.3) is 0 Å². The minimum absolute atomic E-state index is 0.642. The standard InChI is InChI=1S/C19H15ClN6S/c1-12-10-15(23-17(22-12)13-5-7-14(20)8-6-13)11-27-19-24-18(25-26-19)16-4-2-3-9-21-16/h2-10H,11H2,1H3,(H,24,25,26). The van der Waals surface area contributed by atoms with Crippen LogP contribution in [-0.4, -0.2) is 30.1 Å². The van der Waals surface area contributed by atoms with Gasteiger partial charge in [-0.2, -0.15) is 4.98 Å². The van der Waals surface area contributed by atoms with Crippen molar-refractivity contribution in [1.29, 1.82) is 0 Å². The van der Waals surface area contributed by atoms with Gasteiger partial charge in [-0.3, -0.25) is 10.1 Å². The van der Waals surface area contributed by atoms with Gasteiger partial charge in [0.1, 0.15) is 5.69 Å². The van der Waals surface area contributed by atoms with Crippen LogP contribution in [0, 0.1) is 6.92 Å². The van der Waals surface area contributed by atoms with Crippen LogP contribution < -0.4 is 0 Å². The van der Waals surface area contributed by atoms with Crippen LogP contribution in [0.25, 0.3) is 22.9 Å². The van der Waals surface area contributed by atoms with E-state index in [9.17, 15) is 0 Å². The number of thioether (sulfide) groups is 1. The van der Waals surface area contributed by atoms with Gasteiger partial charge >= 0.3 is 0 Å². The molecule has 134 valence electrons. The Morgan fingerprint density at radius 1 is 1.04 bits per heavy atom. The van der Waals surface area contributed by atoms with Crippen molar-refractivity contribution in [2.24, 2.45) is 0 Å². The summed E-state index contributed by atoms with van der Waals surface area (Å²) in [6, 6.07) is 15.2. The van der Waals surface area contributed by atoms with Crippen molar-refractivity contribution in [2.45, 2.75) is 17.8 Å². The Kier molecular flexibility index (Phi) is 5.13. The van der Waals surface area contributed by atoms with E-state index in [-0.39, 0.29) is 0 Å². The van der Waals surface area contributed by atoms with Gasteiger partial charge in [0.2, 0.25) is 5.16 Å². The minimum Gasteiger partial charge on any atom is -0.257 e. The second kappa shape index (κ2) is 7.85. The molecule has 1 N–H and O–H groups in total. The summed E-state index contributed by atoms with van der Waals surface area (Å²) in [5.74, 6) is 1.98. The third kappa shape index (κ3) is 4.32. The van der Waals surface area contributed by atoms with E-state index in [4.69, 9.17) is 11.6 Å². The van der Waals surface area contributed by atoms with E-state index in [0.29, 0.717) is 27.6 Å². The van der Waals surface area contributed by atoms with Gasteiger partial charge in [-0.05, 0) is 49.4 Å². The molecule has 0 fully saturated rings. The Morgan fingerprint density at radius 2 is 1.89 bits per heavy atom. The fourth-order valence-electron chi connectivity index (χ4n) is 2.50. The van der Waals surface area contributed by atoms with Crippen molar-refractivity contribution in [2.75, 3.05) is 0 Å². The van der Waals surface area contributed by atoms with E-state index < -0.39 is 0 Å². The third-order valence-electron chi connectivity index (χ3n) is 3.73. The maximum Gasteiger partial charge on any atom is 0.209 e. The Balaban J connectivity index is 1.50. The molecule has 3 heterocycles. The highest BCUT2D eigenvalue weighted by atomic mass is 35.5. The molecular formula is C19H15ClN6S. The summed E-state index contributed by atoms with van der Waals surface area (Å²) in [5.41, 5.74) is 3.53. The first kappa shape index (κ1) is 17.6. The Morgan fingerprint density at radius 3 is 2.67 bits per heavy atom. The molecule has 8 heteroatoms. The number of H-pyrrole nitrogens is 1. The molecule has 0 saturated carbocycles. The summed E-state index contributed by atoms with van der Waals surface area (Å²) in [7, 11) is 0. The summed E-state index contributed by atoms with van der Waals surface area (Å²) >= 11 is 7.47. The van der Waals surface area contributed by atoms with Gasteiger partial charge in [0.05, 0.1) is 5.69 Å². The highest BCUT2D eigenvalue weighted by Gasteiger charge is 2.10. The number of nitrogens with zero attached hydrogens (tertiary/aromatic N) is 5. The monoisotopic (exact) mass is 394 g/mol. The number of aromatic amines is 1. The quantitative estimate of drug-likeness (QED) is 0.499. The molecule has 0 aliphatic heterocycles. The fourth-order valence-corrected chi connectivity index (χ4v) is 3.32. The molecule has 0 radical (unpaired) electrons. The first-order valence-corrected chi connectivity index (χ1v) is 9.61. The van der Waals surface area contributed by atoms with Crippen LogP contribution in [0.5, 0.6) is 0 Å². The second-order valence-corrected chi connectivity index (χ2v) is 7.18. The zero-order valence-electron chi connectivity index (χ0n) is 14.4. The van der Waals surface area contributed by atoms with Crippen LogP contribution in [-0.2, 0) is 5.75 Å². The smallest absolute Gasteiger partial charge is 0.209 e. The predicted molar refractivity (Wildman–Crippen MR) is 106 cm³/mol. The van der Waals surface area contributed by atoms with Crippen molar-refractivity contribution < 1.29 is 0 Å². The van der Waals surface area contributed by atoms with E-state index in [0.717, 1.165) is 22.6 Å². The SMILES string of the molecule is Cc1cc(CSc2n[nH]c(-c3ccccn3)n2)nc(-c2ccc(Cl)cc2)n1. The van der Waals surface area contributed by atoms with Crippen LogP contribution in [0.4, 0.5) is 0 Å². The number of aromatic nitrogens is 6. The number of hydrogen-bond acceptors (Lipinski definition) is 6. The lowest BCUT2D eigenvalue weighted by Gasteiger charge is -2.05. The van der Waals surface area contributed by atoms with E-state index in [1.807, 2.05) is 55.5 Å². The summed E-state index contributed by atoms with van der Waals surface area (Å²) in [6.45, 7) is 1.96. The van der Waals surface area contributed by atoms with E-state index >= 15 is 0 Å². The molecule has 3 aromatic heterocycles. The molecular weight excluding hydrogens is 380 g/mol. The number of pyridine rings is 1. The van der Waals surface area contributed by atoms with Crippen LogP contribution in [0.15, 0.2) is 59.9 Å². The maximum absolute atomic E-state index is 5.96. The zero-order valence-corrected chi connectivity index (χ0v) is 16.0. The Labute approximate surface area is 165 Å². The molecule has 0 aliphatic rings. The van der Waals surface area contributed by atoms with E-state index in [2.05, 4.69) is 30.1 Å². The summed E-state index contributed by atoms with van der Waals surface area (Å²) < 4.78 is 0. The normalized spacial score (nSPS) is 10.9. The van der Waals surface area contributed by atoms with Gasteiger partial charge in [0.15, 0.2) is 11.6 Å². The Hall–Kier alpha value is -2.77. The van der Waals surface area contributed by atoms with Crippen molar-refractivity contribution in [1.82, 2.24) is 30.1 Å². The molecule has 0 atom stereocenters. The molecule has 1 aromatic carbocycles. The Bertz CT molecular complexity index is 1050. The number of halogens is 1. The predicted octanol–water partition coefficient (Wildman–Crippen LogP) is 4.58. The topological polar surface area (TPSA) is 80.2 Å². The number of benzene rings is 1. The average Bonchev–Trinajstić information content (AvgIpc) is 3.16. The lowest BCUT2D eigenvalue weighted by Crippen LogP contribution is -1.97. The summed E-state index contributed by atoms with van der Waals surface area (Å²) in [4.78, 5) is 17.9. The summed E-state index contributed by atoms with van der Waals surface area (Å²) in [5, 5.41) is 8.51. The van der Waals surface area contributed by atoms with Crippen LogP contribution in [0.2, 0.25) is 5.02 Å². The van der Waals surface area contributed by atoms with Gasteiger partial charge in [-0.15, -0.1) is 5.10 Å². The van der Waals surface area contributed by atoms with Crippen LogP contribution >= 0.6 is 23.4 Å². The molecule has 0 aliphatic carbocycles. The highest BCUT2D eigenvalue weighted by Crippen LogP contribution is 2.23. The van der Waals surface area contributed by atoms with Gasteiger partial charge in [-0.25, -0.2) is 9.97 Å². The van der Waals surface area contributed by atoms with Crippen LogP contribution in [0.1, 0.15) is 11.4 Å². The molecule has 4 rings (SSSR count). The molecule has 0 spiro atoms.